The molecule has 2 aromatic carbocycles. The highest BCUT2D eigenvalue weighted by Crippen LogP contribution is 2.22. The molecule has 0 unspecified atom stereocenters. The van der Waals surface area contributed by atoms with Crippen LogP contribution in [0.1, 0.15) is 24.8 Å². The van der Waals surface area contributed by atoms with Gasteiger partial charge >= 0.3 is 0 Å². The third-order valence-electron chi connectivity index (χ3n) is 4.87. The van der Waals surface area contributed by atoms with E-state index >= 15 is 0 Å². The van der Waals surface area contributed by atoms with Crippen molar-refractivity contribution in [2.75, 3.05) is 18.4 Å². The Bertz CT molecular complexity index is 783. The van der Waals surface area contributed by atoms with Gasteiger partial charge in [-0.05, 0) is 42.9 Å². The van der Waals surface area contributed by atoms with Crippen LogP contribution in [0.2, 0.25) is 0 Å². The number of carbonyl (C=O) groups excluding carboxylic acids is 2. The summed E-state index contributed by atoms with van der Waals surface area (Å²) in [6, 6.07) is 13.5. The highest BCUT2D eigenvalue weighted by atomic mass is 19.1. The van der Waals surface area contributed by atoms with Gasteiger partial charge < -0.3 is 10.2 Å². The average molecular weight is 372 g/mol. The lowest BCUT2D eigenvalue weighted by Crippen LogP contribution is -2.40. The van der Waals surface area contributed by atoms with E-state index < -0.39 is 29.6 Å². The van der Waals surface area contributed by atoms with E-state index in [4.69, 9.17) is 0 Å². The average Bonchev–Trinajstić information content (AvgIpc) is 2.66. The topological polar surface area (TPSA) is 49.4 Å². The predicted octanol–water partition coefficient (Wildman–Crippen LogP) is 3.77. The van der Waals surface area contributed by atoms with E-state index in [0.29, 0.717) is 19.0 Å². The number of nitrogens with zero attached hydrogens (tertiary/aromatic N) is 1. The number of anilines is 1. The number of rotatable bonds is 5. The Morgan fingerprint density at radius 3 is 2.22 bits per heavy atom. The number of piperidine rings is 1. The van der Waals surface area contributed by atoms with Crippen molar-refractivity contribution in [3.8, 4) is 0 Å². The van der Waals surface area contributed by atoms with Gasteiger partial charge in [0.15, 0.2) is 0 Å². The van der Waals surface area contributed by atoms with Gasteiger partial charge in [0, 0.05) is 13.1 Å². The van der Waals surface area contributed by atoms with Crippen LogP contribution in [-0.2, 0) is 16.0 Å². The Morgan fingerprint density at radius 1 is 0.963 bits per heavy atom. The van der Waals surface area contributed by atoms with Crippen LogP contribution in [0.3, 0.4) is 0 Å². The summed E-state index contributed by atoms with van der Waals surface area (Å²) in [5, 5.41) is 2.15. The van der Waals surface area contributed by atoms with Crippen molar-refractivity contribution < 1.29 is 18.4 Å². The summed E-state index contributed by atoms with van der Waals surface area (Å²) >= 11 is 0. The van der Waals surface area contributed by atoms with Crippen molar-refractivity contribution in [3.05, 3.63) is 65.7 Å². The summed E-state index contributed by atoms with van der Waals surface area (Å²) in [5.41, 5.74) is 0.769. The van der Waals surface area contributed by atoms with Crippen LogP contribution in [0, 0.1) is 17.6 Å². The van der Waals surface area contributed by atoms with Gasteiger partial charge in [-0.1, -0.05) is 36.4 Å². The molecule has 2 aromatic rings. The van der Waals surface area contributed by atoms with Crippen LogP contribution < -0.4 is 5.32 Å². The van der Waals surface area contributed by atoms with Crippen molar-refractivity contribution >= 4 is 17.5 Å². The molecule has 0 atom stereocenters. The minimum absolute atomic E-state index is 0.317. The largest absolute Gasteiger partial charge is 0.342 e. The van der Waals surface area contributed by atoms with Crippen molar-refractivity contribution in [2.45, 2.75) is 25.7 Å². The van der Waals surface area contributed by atoms with Gasteiger partial charge in [0.1, 0.15) is 23.7 Å². The van der Waals surface area contributed by atoms with Gasteiger partial charge in [0.2, 0.25) is 11.8 Å². The van der Waals surface area contributed by atoms with Crippen molar-refractivity contribution in [1.82, 2.24) is 4.90 Å². The molecule has 1 aliphatic rings. The van der Waals surface area contributed by atoms with Crippen molar-refractivity contribution in [2.24, 2.45) is 5.92 Å². The zero-order valence-corrected chi connectivity index (χ0v) is 15.0. The van der Waals surface area contributed by atoms with Gasteiger partial charge in [-0.3, -0.25) is 9.59 Å². The summed E-state index contributed by atoms with van der Waals surface area (Å²) in [6.07, 6.45) is 2.32. The number of hydrogen-bond acceptors (Lipinski definition) is 2. The van der Waals surface area contributed by atoms with Crippen LogP contribution in [0.25, 0.3) is 0 Å². The molecule has 0 aromatic heterocycles. The summed E-state index contributed by atoms with van der Waals surface area (Å²) in [5.74, 6) is -2.24. The van der Waals surface area contributed by atoms with Gasteiger partial charge in [-0.25, -0.2) is 8.78 Å². The maximum absolute atomic E-state index is 13.6. The molecule has 3 rings (SSSR count). The predicted molar refractivity (Wildman–Crippen MR) is 99.1 cm³/mol. The Morgan fingerprint density at radius 2 is 1.59 bits per heavy atom. The van der Waals surface area contributed by atoms with E-state index in [1.54, 1.807) is 4.90 Å². The number of carbonyl (C=O) groups is 2. The van der Waals surface area contributed by atoms with Gasteiger partial charge in [0.05, 0.1) is 0 Å². The third kappa shape index (κ3) is 5.12. The first-order valence-electron chi connectivity index (χ1n) is 9.08. The first-order chi connectivity index (χ1) is 13.0. The lowest BCUT2D eigenvalue weighted by Gasteiger charge is -2.32. The summed E-state index contributed by atoms with van der Waals surface area (Å²) in [7, 11) is 0. The molecule has 27 heavy (non-hydrogen) atoms. The number of amides is 2. The molecule has 4 nitrogen and oxygen atoms in total. The van der Waals surface area contributed by atoms with Crippen LogP contribution in [0.4, 0.5) is 14.5 Å². The molecule has 1 saturated heterocycles. The van der Waals surface area contributed by atoms with E-state index in [0.717, 1.165) is 31.4 Å². The lowest BCUT2D eigenvalue weighted by atomic mass is 9.90. The van der Waals surface area contributed by atoms with Crippen LogP contribution in [0.5, 0.6) is 0 Å². The van der Waals surface area contributed by atoms with E-state index in [-0.39, 0.29) is 5.91 Å². The lowest BCUT2D eigenvalue weighted by molar-refractivity contribution is -0.135. The summed E-state index contributed by atoms with van der Waals surface area (Å²) in [6.45, 7) is 1.19. The van der Waals surface area contributed by atoms with Crippen LogP contribution in [0.15, 0.2) is 48.5 Å². The van der Waals surface area contributed by atoms with E-state index in [1.165, 1.54) is 11.6 Å². The monoisotopic (exact) mass is 372 g/mol. The molecule has 2 amide bonds. The Hall–Kier alpha value is -2.76. The summed E-state index contributed by atoms with van der Waals surface area (Å²) < 4.78 is 27.1. The second-order valence-corrected chi connectivity index (χ2v) is 6.84. The molecule has 0 saturated carbocycles. The molecule has 0 bridgehead atoms. The van der Waals surface area contributed by atoms with Gasteiger partial charge in [-0.15, -0.1) is 0 Å². The fraction of sp³-hybridized carbons (Fsp3) is 0.333. The maximum Gasteiger partial charge on any atom is 0.233 e. The highest BCUT2D eigenvalue weighted by molar-refractivity contribution is 6.03. The fourth-order valence-electron chi connectivity index (χ4n) is 3.38. The molecule has 1 aliphatic heterocycles. The standard InChI is InChI=1S/C21H22F2N2O2/c22-17-7-4-8-18(23)21(17)24-19(26)14-20(27)25-11-9-16(10-12-25)13-15-5-2-1-3-6-15/h1-8,16H,9-14H2,(H,24,26). The first-order valence-corrected chi connectivity index (χ1v) is 9.08. The Balaban J connectivity index is 1.47. The first kappa shape index (κ1) is 19.0. The Labute approximate surface area is 157 Å². The van der Waals surface area contributed by atoms with Crippen LogP contribution in [-0.4, -0.2) is 29.8 Å². The van der Waals surface area contributed by atoms with Crippen molar-refractivity contribution in [3.63, 3.8) is 0 Å². The quantitative estimate of drug-likeness (QED) is 0.812. The van der Waals surface area contributed by atoms with Crippen LogP contribution >= 0.6 is 0 Å². The molecule has 1 heterocycles. The molecule has 1 N–H and O–H groups in total. The van der Waals surface area contributed by atoms with Crippen molar-refractivity contribution in [1.29, 1.82) is 0 Å². The summed E-state index contributed by atoms with van der Waals surface area (Å²) in [4.78, 5) is 25.9. The van der Waals surface area contributed by atoms with Gasteiger partial charge in [0.25, 0.3) is 0 Å². The van der Waals surface area contributed by atoms with Gasteiger partial charge in [-0.2, -0.15) is 0 Å². The zero-order valence-electron chi connectivity index (χ0n) is 15.0. The minimum Gasteiger partial charge on any atom is -0.342 e. The van der Waals surface area contributed by atoms with E-state index in [1.807, 2.05) is 18.2 Å². The zero-order chi connectivity index (χ0) is 19.2. The third-order valence-corrected chi connectivity index (χ3v) is 4.87. The molecule has 0 spiro atoms. The molecule has 1 fully saturated rings. The highest BCUT2D eigenvalue weighted by Gasteiger charge is 2.24. The second kappa shape index (κ2) is 8.75. The number of halogens is 2. The maximum atomic E-state index is 13.6. The molecule has 142 valence electrons. The number of likely N-dealkylation sites (tertiary alicyclic amines) is 1. The van der Waals surface area contributed by atoms with E-state index in [2.05, 4.69) is 17.4 Å². The fourth-order valence-corrected chi connectivity index (χ4v) is 3.38. The number of para-hydroxylation sites is 1. The second-order valence-electron chi connectivity index (χ2n) is 6.84. The normalized spacial score (nSPS) is 14.8. The molecule has 6 heteroatoms. The number of nitrogens with one attached hydrogen (secondary N) is 1. The molecule has 0 aliphatic carbocycles. The smallest absolute Gasteiger partial charge is 0.233 e. The molecular formula is C21H22F2N2O2. The molecular weight excluding hydrogens is 350 g/mol. The Kier molecular flexibility index (Phi) is 6.16. The van der Waals surface area contributed by atoms with E-state index in [9.17, 15) is 18.4 Å². The molecule has 0 radical (unpaired) electrons. The number of benzene rings is 2. The number of hydrogen-bond donors (Lipinski definition) is 1. The SMILES string of the molecule is O=C(CC(=O)N1CCC(Cc2ccccc2)CC1)Nc1c(F)cccc1F. The minimum atomic E-state index is -0.863.